The zero-order chi connectivity index (χ0) is 13.8. The zero-order valence-corrected chi connectivity index (χ0v) is 11.8. The highest BCUT2D eigenvalue weighted by Crippen LogP contribution is 2.23. The third-order valence-electron chi connectivity index (χ3n) is 3.13. The minimum atomic E-state index is -0.297. The highest BCUT2D eigenvalue weighted by molar-refractivity contribution is 6.17. The van der Waals surface area contributed by atoms with Crippen molar-refractivity contribution in [3.63, 3.8) is 0 Å². The van der Waals surface area contributed by atoms with E-state index in [9.17, 15) is 4.39 Å². The van der Waals surface area contributed by atoms with Crippen LogP contribution in [0.5, 0.6) is 5.75 Å². The molecule has 0 saturated heterocycles. The Labute approximate surface area is 118 Å². The summed E-state index contributed by atoms with van der Waals surface area (Å²) < 4.78 is 18.8. The van der Waals surface area contributed by atoms with Crippen molar-refractivity contribution in [1.29, 1.82) is 0 Å². The molecule has 19 heavy (non-hydrogen) atoms. The molecule has 1 nitrogen and oxygen atoms in total. The molecule has 100 valence electrons. The summed E-state index contributed by atoms with van der Waals surface area (Å²) >= 11 is 5.79. The van der Waals surface area contributed by atoms with Crippen molar-refractivity contribution in [2.24, 2.45) is 0 Å². The predicted octanol–water partition coefficient (Wildman–Crippen LogP) is 4.76. The molecular formula is C16H16ClFO. The van der Waals surface area contributed by atoms with Crippen molar-refractivity contribution >= 4 is 11.6 Å². The van der Waals surface area contributed by atoms with E-state index in [2.05, 4.69) is 26.0 Å². The Kier molecular flexibility index (Phi) is 4.43. The third kappa shape index (κ3) is 3.48. The van der Waals surface area contributed by atoms with Crippen molar-refractivity contribution < 1.29 is 9.13 Å². The Hall–Kier alpha value is -1.54. The normalized spacial score (nSPS) is 10.5. The molecule has 0 fully saturated rings. The van der Waals surface area contributed by atoms with Gasteiger partial charge in [0.05, 0.1) is 5.88 Å². The van der Waals surface area contributed by atoms with E-state index >= 15 is 0 Å². The molecule has 0 aromatic heterocycles. The Bertz CT molecular complexity index is 581. The molecule has 0 saturated carbocycles. The van der Waals surface area contributed by atoms with E-state index < -0.39 is 0 Å². The average Bonchev–Trinajstić information content (AvgIpc) is 2.41. The molecule has 0 spiro atoms. The first-order valence-electron chi connectivity index (χ1n) is 6.13. The van der Waals surface area contributed by atoms with Gasteiger partial charge in [-0.25, -0.2) is 4.39 Å². The number of benzene rings is 2. The minimum Gasteiger partial charge on any atom is -0.489 e. The first kappa shape index (κ1) is 13.9. The lowest BCUT2D eigenvalue weighted by Gasteiger charge is -2.11. The molecule has 2 rings (SSSR count). The Morgan fingerprint density at radius 2 is 1.84 bits per heavy atom. The molecule has 0 aliphatic rings. The van der Waals surface area contributed by atoms with E-state index in [-0.39, 0.29) is 11.7 Å². The average molecular weight is 279 g/mol. The molecule has 0 aliphatic carbocycles. The SMILES string of the molecule is Cc1ccc(COc2ccc(F)cc2CCl)cc1C. The van der Waals surface area contributed by atoms with Crippen LogP contribution in [0.25, 0.3) is 0 Å². The molecule has 0 bridgehead atoms. The fraction of sp³-hybridized carbons (Fsp3) is 0.250. The second-order valence-corrected chi connectivity index (χ2v) is 4.86. The monoisotopic (exact) mass is 278 g/mol. The summed E-state index contributed by atoms with van der Waals surface area (Å²) in [5.41, 5.74) is 4.25. The van der Waals surface area contributed by atoms with Gasteiger partial charge in [-0.2, -0.15) is 0 Å². The molecule has 0 N–H and O–H groups in total. The summed E-state index contributed by atoms with van der Waals surface area (Å²) in [7, 11) is 0. The van der Waals surface area contributed by atoms with Crippen LogP contribution in [0.15, 0.2) is 36.4 Å². The van der Waals surface area contributed by atoms with Crippen molar-refractivity contribution in [2.45, 2.75) is 26.3 Å². The van der Waals surface area contributed by atoms with Gasteiger partial charge in [-0.1, -0.05) is 18.2 Å². The van der Waals surface area contributed by atoms with Crippen molar-refractivity contribution in [3.05, 3.63) is 64.5 Å². The molecule has 0 radical (unpaired) electrons. The highest BCUT2D eigenvalue weighted by atomic mass is 35.5. The summed E-state index contributed by atoms with van der Waals surface area (Å²) in [5.74, 6) is 0.573. The van der Waals surface area contributed by atoms with E-state index in [0.717, 1.165) is 5.56 Å². The van der Waals surface area contributed by atoms with Crippen LogP contribution in [0.3, 0.4) is 0 Å². The molecule has 0 atom stereocenters. The smallest absolute Gasteiger partial charge is 0.124 e. The summed E-state index contributed by atoms with van der Waals surface area (Å²) in [6.07, 6.45) is 0. The molecule has 2 aromatic rings. The number of hydrogen-bond donors (Lipinski definition) is 0. The number of alkyl halides is 1. The number of halogens is 2. The molecular weight excluding hydrogens is 263 g/mol. The van der Waals surface area contributed by atoms with Crippen molar-refractivity contribution in [1.82, 2.24) is 0 Å². The van der Waals surface area contributed by atoms with Gasteiger partial charge in [-0.15, -0.1) is 11.6 Å². The maximum absolute atomic E-state index is 13.1. The van der Waals surface area contributed by atoms with Gasteiger partial charge in [0.2, 0.25) is 0 Å². The number of ether oxygens (including phenoxy) is 1. The van der Waals surface area contributed by atoms with E-state index in [0.29, 0.717) is 17.9 Å². The molecule has 3 heteroatoms. The maximum Gasteiger partial charge on any atom is 0.124 e. The van der Waals surface area contributed by atoms with Gasteiger partial charge in [-0.3, -0.25) is 0 Å². The second-order valence-electron chi connectivity index (χ2n) is 4.59. The first-order valence-corrected chi connectivity index (χ1v) is 6.67. The van der Waals surface area contributed by atoms with Gasteiger partial charge < -0.3 is 4.74 Å². The Balaban J connectivity index is 2.12. The van der Waals surface area contributed by atoms with E-state index in [1.807, 2.05) is 6.07 Å². The number of hydrogen-bond acceptors (Lipinski definition) is 1. The molecule has 0 unspecified atom stereocenters. The largest absolute Gasteiger partial charge is 0.489 e. The van der Waals surface area contributed by atoms with Gasteiger partial charge in [0.15, 0.2) is 0 Å². The van der Waals surface area contributed by atoms with Crippen LogP contribution in [0, 0.1) is 19.7 Å². The van der Waals surface area contributed by atoms with Crippen LogP contribution in [0.2, 0.25) is 0 Å². The molecule has 2 aromatic carbocycles. The summed E-state index contributed by atoms with van der Waals surface area (Å²) in [4.78, 5) is 0. The standard InChI is InChI=1S/C16H16ClFO/c1-11-3-4-13(7-12(11)2)10-19-16-6-5-15(18)8-14(16)9-17/h3-8H,9-10H2,1-2H3. The van der Waals surface area contributed by atoms with Crippen LogP contribution in [0.1, 0.15) is 22.3 Å². The fourth-order valence-corrected chi connectivity index (χ4v) is 2.06. The van der Waals surface area contributed by atoms with Crippen LogP contribution in [-0.2, 0) is 12.5 Å². The summed E-state index contributed by atoms with van der Waals surface area (Å²) in [6.45, 7) is 4.60. The van der Waals surface area contributed by atoms with Gasteiger partial charge in [-0.05, 0) is 48.7 Å². The van der Waals surface area contributed by atoms with E-state index in [4.69, 9.17) is 16.3 Å². The van der Waals surface area contributed by atoms with Gasteiger partial charge in [0, 0.05) is 5.56 Å². The summed E-state index contributed by atoms with van der Waals surface area (Å²) in [5, 5.41) is 0. The molecule has 0 amide bonds. The highest BCUT2D eigenvalue weighted by Gasteiger charge is 2.05. The zero-order valence-electron chi connectivity index (χ0n) is 11.0. The topological polar surface area (TPSA) is 9.23 Å². The number of aryl methyl sites for hydroxylation is 2. The third-order valence-corrected chi connectivity index (χ3v) is 3.42. The lowest BCUT2D eigenvalue weighted by atomic mass is 10.1. The molecule has 0 aliphatic heterocycles. The van der Waals surface area contributed by atoms with E-state index in [1.54, 1.807) is 6.07 Å². The number of rotatable bonds is 4. The van der Waals surface area contributed by atoms with Crippen LogP contribution in [0.4, 0.5) is 4.39 Å². The molecule has 0 heterocycles. The minimum absolute atomic E-state index is 0.236. The van der Waals surface area contributed by atoms with Gasteiger partial charge in [0.1, 0.15) is 18.2 Å². The van der Waals surface area contributed by atoms with Gasteiger partial charge in [0.25, 0.3) is 0 Å². The van der Waals surface area contributed by atoms with Crippen molar-refractivity contribution in [3.8, 4) is 5.75 Å². The lowest BCUT2D eigenvalue weighted by molar-refractivity contribution is 0.303. The van der Waals surface area contributed by atoms with Crippen LogP contribution < -0.4 is 4.74 Å². The maximum atomic E-state index is 13.1. The Morgan fingerprint density at radius 3 is 2.53 bits per heavy atom. The first-order chi connectivity index (χ1) is 9.10. The Morgan fingerprint density at radius 1 is 1.05 bits per heavy atom. The predicted molar refractivity (Wildman–Crippen MR) is 76.2 cm³/mol. The van der Waals surface area contributed by atoms with E-state index in [1.165, 1.54) is 23.3 Å². The van der Waals surface area contributed by atoms with Gasteiger partial charge >= 0.3 is 0 Å². The summed E-state index contributed by atoms with van der Waals surface area (Å²) in [6, 6.07) is 10.6. The quantitative estimate of drug-likeness (QED) is 0.733. The van der Waals surface area contributed by atoms with Crippen LogP contribution >= 0.6 is 11.6 Å². The fourth-order valence-electron chi connectivity index (χ4n) is 1.85. The van der Waals surface area contributed by atoms with Crippen molar-refractivity contribution in [2.75, 3.05) is 0 Å². The lowest BCUT2D eigenvalue weighted by Crippen LogP contribution is -1.99. The van der Waals surface area contributed by atoms with Crippen LogP contribution in [-0.4, -0.2) is 0 Å². The second kappa shape index (κ2) is 6.07.